The Morgan fingerprint density at radius 2 is 1.85 bits per heavy atom. The zero-order chi connectivity index (χ0) is 23.1. The van der Waals surface area contributed by atoms with E-state index in [-0.39, 0.29) is 18.8 Å². The van der Waals surface area contributed by atoms with Gasteiger partial charge in [-0.25, -0.2) is 4.39 Å². The lowest BCUT2D eigenvalue weighted by molar-refractivity contribution is -0.136. The van der Waals surface area contributed by atoms with E-state index in [1.807, 2.05) is 48.3 Å². The topological polar surface area (TPSA) is 88.9 Å². The Hall–Kier alpha value is -3.84. The fraction of sp³-hybridized carbons (Fsp3) is 0.192. The smallest absolute Gasteiger partial charge is 0.307 e. The van der Waals surface area contributed by atoms with Crippen molar-refractivity contribution in [3.63, 3.8) is 0 Å². The summed E-state index contributed by atoms with van der Waals surface area (Å²) in [5.41, 5.74) is 9.21. The number of nitrogens with zero attached hydrogens (tertiary/aromatic N) is 1. The van der Waals surface area contributed by atoms with Crippen molar-refractivity contribution in [1.29, 1.82) is 0 Å². The summed E-state index contributed by atoms with van der Waals surface area (Å²) in [6.45, 7) is 0.634. The number of halogens is 1. The number of carboxylic acid groups (broad SMARTS) is 1. The molecule has 1 atom stereocenters. The molecule has 0 amide bonds. The summed E-state index contributed by atoms with van der Waals surface area (Å²) in [5, 5.41) is 10.1. The number of aliphatic carboxylic acids is 1. The lowest BCUT2D eigenvalue weighted by atomic mass is 10.0. The molecule has 5 rings (SSSR count). The minimum Gasteiger partial charge on any atom is -0.481 e. The van der Waals surface area contributed by atoms with E-state index >= 15 is 4.39 Å². The minimum atomic E-state index is -0.924. The molecule has 1 aliphatic heterocycles. The van der Waals surface area contributed by atoms with E-state index in [9.17, 15) is 9.90 Å². The van der Waals surface area contributed by atoms with E-state index in [1.165, 1.54) is 0 Å². The number of nitrogens with two attached hydrogens (primary N) is 1. The maximum atomic E-state index is 15.0. The lowest BCUT2D eigenvalue weighted by Gasteiger charge is -2.34. The highest BCUT2D eigenvalue weighted by Crippen LogP contribution is 2.42. The maximum absolute atomic E-state index is 15.0. The number of hydrogen-bond donors (Lipinski definition) is 2. The van der Waals surface area contributed by atoms with Crippen molar-refractivity contribution in [2.24, 2.45) is 5.73 Å². The number of carboxylic acids is 1. The highest BCUT2D eigenvalue weighted by atomic mass is 19.1. The zero-order valence-electron chi connectivity index (χ0n) is 18.0. The number of anilines is 1. The molecule has 1 aliphatic rings. The summed E-state index contributed by atoms with van der Waals surface area (Å²) in [4.78, 5) is 13.3. The molecule has 3 aromatic carbocycles. The third-order valence-electron chi connectivity index (χ3n) is 6.00. The molecule has 0 saturated carbocycles. The first-order valence-electron chi connectivity index (χ1n) is 10.7. The summed E-state index contributed by atoms with van der Waals surface area (Å²) in [6.07, 6.45) is -0.581. The van der Waals surface area contributed by atoms with Crippen LogP contribution < -0.4 is 15.4 Å². The number of para-hydroxylation sites is 2. The highest BCUT2D eigenvalue weighted by Gasteiger charge is 2.30. The predicted octanol–water partition coefficient (Wildman–Crippen LogP) is 4.89. The molecular weight excluding hydrogens is 423 g/mol. The monoisotopic (exact) mass is 446 g/mol. The second-order valence-corrected chi connectivity index (χ2v) is 8.18. The molecule has 0 saturated heterocycles. The van der Waals surface area contributed by atoms with Gasteiger partial charge in [0.15, 0.2) is 6.10 Å². The number of carbonyl (C=O) groups is 1. The normalized spacial score (nSPS) is 15.4. The Bertz CT molecular complexity index is 1360. The highest BCUT2D eigenvalue weighted by molar-refractivity contribution is 5.93. The summed E-state index contributed by atoms with van der Waals surface area (Å²) in [7, 11) is 1.93. The molecule has 33 heavy (non-hydrogen) atoms. The molecule has 0 spiro atoms. The third kappa shape index (κ3) is 3.70. The van der Waals surface area contributed by atoms with E-state index < -0.39 is 12.1 Å². The lowest BCUT2D eigenvalue weighted by Crippen LogP contribution is -2.32. The number of likely N-dealkylation sites (N-methyl/N-ethyl adjacent to an activating group) is 1. The van der Waals surface area contributed by atoms with Crippen LogP contribution in [0.4, 0.5) is 10.1 Å². The third-order valence-corrected chi connectivity index (χ3v) is 6.00. The van der Waals surface area contributed by atoms with Gasteiger partial charge in [0, 0.05) is 41.2 Å². The Labute approximate surface area is 190 Å². The molecule has 4 aromatic rings. The molecule has 6 nitrogen and oxygen atoms in total. The first kappa shape index (κ1) is 21.0. The Morgan fingerprint density at radius 1 is 1.12 bits per heavy atom. The second-order valence-electron chi connectivity index (χ2n) is 8.18. The van der Waals surface area contributed by atoms with Gasteiger partial charge in [0.2, 0.25) is 0 Å². The summed E-state index contributed by atoms with van der Waals surface area (Å²) in [5.74, 6) is -0.144. The minimum absolute atomic E-state index is 0.111. The molecule has 1 aromatic heterocycles. The summed E-state index contributed by atoms with van der Waals surface area (Å²) in [6, 6.07) is 18.1. The van der Waals surface area contributed by atoms with Gasteiger partial charge in [0.1, 0.15) is 22.9 Å². The molecule has 1 unspecified atom stereocenters. The van der Waals surface area contributed by atoms with E-state index in [0.29, 0.717) is 45.9 Å². The summed E-state index contributed by atoms with van der Waals surface area (Å²) < 4.78 is 27.5. The number of hydrogen-bond acceptors (Lipinski definition) is 5. The molecule has 0 radical (unpaired) electrons. The van der Waals surface area contributed by atoms with Crippen LogP contribution in [0.1, 0.15) is 23.0 Å². The van der Waals surface area contributed by atoms with Crippen LogP contribution in [0.15, 0.2) is 65.1 Å². The fourth-order valence-electron chi connectivity index (χ4n) is 4.38. The average Bonchev–Trinajstić information content (AvgIpc) is 3.24. The van der Waals surface area contributed by atoms with Crippen molar-refractivity contribution < 1.29 is 23.4 Å². The molecule has 0 fully saturated rings. The number of fused-ring (bicyclic) bond motifs is 2. The van der Waals surface area contributed by atoms with Crippen molar-refractivity contribution >= 4 is 22.6 Å². The van der Waals surface area contributed by atoms with E-state index in [1.54, 1.807) is 24.3 Å². The predicted molar refractivity (Wildman–Crippen MR) is 124 cm³/mol. The van der Waals surface area contributed by atoms with E-state index in [4.69, 9.17) is 14.9 Å². The standard InChI is InChI=1S/C26H23FN2O4/c1-29-14-22(33-26-16(12-23(30)31)6-4-10-20(26)29)21-11-15-5-2-9-19(25(15)32-21)18-8-3-7-17(13-28)24(18)27/h2-11,22H,12-14,28H2,1H3,(H,30,31). The average molecular weight is 446 g/mol. The van der Waals surface area contributed by atoms with Gasteiger partial charge in [-0.2, -0.15) is 0 Å². The number of benzene rings is 3. The van der Waals surface area contributed by atoms with Gasteiger partial charge in [-0.05, 0) is 12.1 Å². The van der Waals surface area contributed by atoms with Gasteiger partial charge in [0.05, 0.1) is 18.7 Å². The van der Waals surface area contributed by atoms with Crippen molar-refractivity contribution in [3.8, 4) is 16.9 Å². The van der Waals surface area contributed by atoms with Crippen LogP contribution in [0.3, 0.4) is 0 Å². The number of rotatable bonds is 5. The van der Waals surface area contributed by atoms with Crippen molar-refractivity contribution in [3.05, 3.63) is 83.4 Å². The van der Waals surface area contributed by atoms with Crippen molar-refractivity contribution in [1.82, 2.24) is 0 Å². The number of furan rings is 1. The van der Waals surface area contributed by atoms with Crippen molar-refractivity contribution in [2.45, 2.75) is 19.1 Å². The molecule has 3 N–H and O–H groups in total. The first-order valence-corrected chi connectivity index (χ1v) is 10.7. The van der Waals surface area contributed by atoms with Crippen LogP contribution >= 0.6 is 0 Å². The van der Waals surface area contributed by atoms with Crippen LogP contribution in [0.5, 0.6) is 5.75 Å². The van der Waals surface area contributed by atoms with E-state index in [2.05, 4.69) is 0 Å². The van der Waals surface area contributed by atoms with E-state index in [0.717, 1.165) is 11.1 Å². The van der Waals surface area contributed by atoms with Crippen LogP contribution in [0.25, 0.3) is 22.1 Å². The zero-order valence-corrected chi connectivity index (χ0v) is 18.0. The van der Waals surface area contributed by atoms with Crippen LogP contribution in [-0.2, 0) is 17.8 Å². The largest absolute Gasteiger partial charge is 0.481 e. The molecule has 2 heterocycles. The Balaban J connectivity index is 1.57. The van der Waals surface area contributed by atoms with Gasteiger partial charge in [-0.3, -0.25) is 4.79 Å². The maximum Gasteiger partial charge on any atom is 0.307 e. The SMILES string of the molecule is CN1CC(c2cc3cccc(-c4cccc(CN)c4F)c3o2)Oc2c(CC(=O)O)cccc21. The van der Waals surface area contributed by atoms with Crippen LogP contribution in [0, 0.1) is 5.82 Å². The summed E-state index contributed by atoms with van der Waals surface area (Å²) >= 11 is 0. The van der Waals surface area contributed by atoms with Gasteiger partial charge in [-0.1, -0.05) is 48.5 Å². The second kappa shape index (κ2) is 8.26. The van der Waals surface area contributed by atoms with Crippen LogP contribution in [0.2, 0.25) is 0 Å². The molecule has 0 aliphatic carbocycles. The molecule has 7 heteroatoms. The molecule has 0 bridgehead atoms. The quantitative estimate of drug-likeness (QED) is 0.454. The first-order chi connectivity index (χ1) is 16.0. The fourth-order valence-corrected chi connectivity index (χ4v) is 4.38. The van der Waals surface area contributed by atoms with Gasteiger partial charge >= 0.3 is 5.97 Å². The molecular formula is C26H23FN2O4. The van der Waals surface area contributed by atoms with Gasteiger partial charge in [0.25, 0.3) is 0 Å². The Morgan fingerprint density at radius 3 is 2.64 bits per heavy atom. The van der Waals surface area contributed by atoms with Gasteiger partial charge < -0.3 is 24.9 Å². The Kier molecular flexibility index (Phi) is 5.26. The van der Waals surface area contributed by atoms with Crippen molar-refractivity contribution in [2.75, 3.05) is 18.5 Å². The van der Waals surface area contributed by atoms with Gasteiger partial charge in [-0.15, -0.1) is 0 Å². The van der Waals surface area contributed by atoms with Crippen LogP contribution in [-0.4, -0.2) is 24.7 Å². The molecule has 168 valence electrons. The number of ether oxygens (including phenoxy) is 1.